The zero-order chi connectivity index (χ0) is 63.7. The van der Waals surface area contributed by atoms with Crippen LogP contribution in [-0.4, -0.2) is 13.7 Å². The van der Waals surface area contributed by atoms with Gasteiger partial charge in [0, 0.05) is 48.2 Å². The molecule has 5 heteroatoms. The van der Waals surface area contributed by atoms with Gasteiger partial charge in [0.25, 0.3) is 0 Å². The fourth-order valence-corrected chi connectivity index (χ4v) is 23.4. The molecule has 452 valence electrons. The number of hydrogen-bond acceptors (Lipinski definition) is 1. The Kier molecular flexibility index (Phi) is 9.53. The number of nitrogens with zero attached hydrogens (tertiary/aromatic N) is 3. The molecular weight excluding hydrogens is 1210 g/mol. The van der Waals surface area contributed by atoms with E-state index in [9.17, 15) is 0 Å². The zero-order valence-corrected chi connectivity index (χ0v) is 53.8. The van der Waals surface area contributed by atoms with Gasteiger partial charge in [-0.2, -0.15) is 0 Å². The molecule has 0 bridgehead atoms. The van der Waals surface area contributed by atoms with Crippen LogP contribution in [0.15, 0.2) is 328 Å². The molecule has 0 saturated heterocycles. The van der Waals surface area contributed by atoms with Crippen molar-refractivity contribution in [2.45, 2.75) is 16.2 Å². The topological polar surface area (TPSA) is 31.9 Å². The maximum absolute atomic E-state index is 19.4. The van der Waals surface area contributed by atoms with Gasteiger partial charge < -0.3 is 18.3 Å². The number of rotatable bonds is 3. The molecule has 0 fully saturated rings. The van der Waals surface area contributed by atoms with Gasteiger partial charge in [-0.25, -0.2) is 0 Å². The third-order valence-corrected chi connectivity index (χ3v) is 27.1. The first-order valence-corrected chi connectivity index (χ1v) is 36.0. The van der Waals surface area contributed by atoms with Crippen LogP contribution in [0.4, 0.5) is 0 Å². The van der Waals surface area contributed by atoms with Gasteiger partial charge in [-0.1, -0.05) is 291 Å². The highest BCUT2D eigenvalue weighted by Crippen LogP contribution is 2.66. The van der Waals surface area contributed by atoms with E-state index in [-0.39, 0.29) is 0 Å². The molecule has 0 radical (unpaired) electrons. The van der Waals surface area contributed by atoms with Gasteiger partial charge in [0.15, 0.2) is 7.14 Å². The molecule has 0 saturated carbocycles. The largest absolute Gasteiger partial charge is 0.309 e. The summed E-state index contributed by atoms with van der Waals surface area (Å²) in [5.74, 6) is 0. The Bertz CT molecular complexity index is 6040. The minimum absolute atomic E-state index is 0.695. The van der Waals surface area contributed by atoms with Crippen molar-refractivity contribution in [3.63, 3.8) is 0 Å². The average Bonchev–Trinajstić information content (AvgIpc) is 1.48. The van der Waals surface area contributed by atoms with Crippen molar-refractivity contribution < 1.29 is 4.57 Å². The van der Waals surface area contributed by atoms with E-state index >= 15 is 4.57 Å². The summed E-state index contributed by atoms with van der Waals surface area (Å²) in [6, 6.07) is 123. The van der Waals surface area contributed by atoms with Gasteiger partial charge in [0.05, 0.1) is 66.4 Å². The summed E-state index contributed by atoms with van der Waals surface area (Å²) < 4.78 is 27.0. The Balaban J connectivity index is 0.856. The van der Waals surface area contributed by atoms with E-state index in [2.05, 4.69) is 341 Å². The summed E-state index contributed by atoms with van der Waals surface area (Å²) in [4.78, 5) is 0. The Morgan fingerprint density at radius 1 is 0.204 bits per heavy atom. The lowest BCUT2D eigenvalue weighted by Crippen LogP contribution is -2.36. The van der Waals surface area contributed by atoms with Gasteiger partial charge in [0.1, 0.15) is 0 Å². The molecule has 3 aliphatic heterocycles. The number of benzene rings is 15. The van der Waals surface area contributed by atoms with Crippen LogP contribution >= 0.6 is 7.14 Å². The lowest BCUT2D eigenvalue weighted by molar-refractivity contribution is 0.592. The van der Waals surface area contributed by atoms with E-state index in [0.29, 0.717) is 0 Å². The van der Waals surface area contributed by atoms with E-state index in [0.717, 1.165) is 49.5 Å². The molecule has 18 aromatic rings. The van der Waals surface area contributed by atoms with Crippen LogP contribution in [-0.2, 0) is 20.8 Å². The van der Waals surface area contributed by atoms with Crippen LogP contribution in [0.2, 0.25) is 0 Å². The highest BCUT2D eigenvalue weighted by atomic mass is 31.2. The van der Waals surface area contributed by atoms with E-state index < -0.39 is 23.4 Å². The van der Waals surface area contributed by atoms with E-state index in [4.69, 9.17) is 0 Å². The lowest BCUT2D eigenvalue weighted by atomic mass is 9.65. The van der Waals surface area contributed by atoms with Crippen molar-refractivity contribution in [1.82, 2.24) is 13.7 Å². The van der Waals surface area contributed by atoms with Gasteiger partial charge in [0.2, 0.25) is 0 Å². The minimum Gasteiger partial charge on any atom is -0.309 e. The molecule has 0 unspecified atom stereocenters. The molecule has 6 heterocycles. The Morgan fingerprint density at radius 3 is 0.704 bits per heavy atom. The summed E-state index contributed by atoms with van der Waals surface area (Å²) in [5.41, 5.74) is 30.2. The second kappa shape index (κ2) is 17.9. The van der Waals surface area contributed by atoms with Crippen molar-refractivity contribution in [3.05, 3.63) is 394 Å². The van der Waals surface area contributed by atoms with Crippen molar-refractivity contribution in [3.8, 4) is 50.4 Å². The molecule has 0 amide bonds. The van der Waals surface area contributed by atoms with Crippen molar-refractivity contribution in [1.29, 1.82) is 0 Å². The first kappa shape index (κ1) is 52.2. The summed E-state index contributed by atoms with van der Waals surface area (Å²) in [7, 11) is -4.09. The molecule has 15 aromatic carbocycles. The van der Waals surface area contributed by atoms with E-state index in [1.165, 1.54) is 149 Å². The van der Waals surface area contributed by atoms with Crippen molar-refractivity contribution in [2.24, 2.45) is 0 Å². The SMILES string of the molecule is O=P(c1ccc2c(c1)-n1c3ccccc3c3cccc(c31)C21c2ccccc2-c2ccccc21)(c1ccc2c(c1)-n1c3ccccc3c3cccc(c31)C21c2ccccc2-c2ccccc21)c1ccc2c(c1)-n1c3ccccc3c3cccc(c31)C21c2ccccc2-c2ccccc21. The fourth-order valence-electron chi connectivity index (χ4n) is 20.7. The van der Waals surface area contributed by atoms with E-state index in [1.54, 1.807) is 0 Å². The summed E-state index contributed by atoms with van der Waals surface area (Å²) in [6.45, 7) is 0. The van der Waals surface area contributed by atoms with Crippen LogP contribution in [0, 0.1) is 0 Å². The van der Waals surface area contributed by atoms with Crippen molar-refractivity contribution in [2.75, 3.05) is 0 Å². The Labute approximate surface area is 564 Å². The monoisotopic (exact) mass is 1260 g/mol. The predicted octanol–water partition coefficient (Wildman–Crippen LogP) is 20.6. The molecule has 3 aliphatic carbocycles. The molecule has 24 rings (SSSR count). The molecular formula is C93H54N3OP. The van der Waals surface area contributed by atoms with E-state index in [1.807, 2.05) is 0 Å². The Morgan fingerprint density at radius 2 is 0.429 bits per heavy atom. The first-order valence-electron chi connectivity index (χ1n) is 34.3. The molecule has 3 aromatic heterocycles. The molecule has 6 aliphatic rings. The molecule has 0 N–H and O–H groups in total. The highest BCUT2D eigenvalue weighted by Gasteiger charge is 2.55. The second-order valence-corrected chi connectivity index (χ2v) is 30.7. The van der Waals surface area contributed by atoms with Crippen LogP contribution in [0.25, 0.3) is 116 Å². The number of para-hydroxylation sites is 6. The minimum atomic E-state index is -4.09. The standard InChI is InChI=1S/C93H54N3OP/c97-98(55-46-49-76-85(52-55)94-82-43-16-7-28-64(82)67-31-19-40-79(88(67)94)91(76)70-34-10-1-22-58(70)59-23-2-11-35-71(59)91,56-47-50-77-86(53-56)95-83-44-17-8-29-65(83)68-32-20-41-80(89(68)95)92(77)72-36-12-3-24-60(72)61-25-4-13-37-73(61)92)57-48-51-78-87(54-57)96-84-45-18-9-30-66(84)69-33-21-42-81(90(69)96)93(78)74-38-14-5-26-62(74)63-27-6-15-39-75(63)93/h1-54H. The third kappa shape index (κ3) is 5.71. The predicted molar refractivity (Wildman–Crippen MR) is 401 cm³/mol. The normalized spacial score (nSPS) is 15.0. The second-order valence-electron chi connectivity index (χ2n) is 27.9. The van der Waals surface area contributed by atoms with Gasteiger partial charge in [-0.05, 0) is 137 Å². The quantitative estimate of drug-likeness (QED) is 0.162. The smallest absolute Gasteiger partial charge is 0.171 e. The van der Waals surface area contributed by atoms with Crippen LogP contribution in [0.3, 0.4) is 0 Å². The molecule has 3 spiro atoms. The van der Waals surface area contributed by atoms with Crippen LogP contribution in [0.1, 0.15) is 66.8 Å². The molecule has 98 heavy (non-hydrogen) atoms. The summed E-state index contributed by atoms with van der Waals surface area (Å²) in [6.07, 6.45) is 0. The maximum Gasteiger partial charge on any atom is 0.171 e. The fraction of sp³-hybridized carbons (Fsp3) is 0.0323. The lowest BCUT2D eigenvalue weighted by Gasteiger charge is -2.41. The first-order chi connectivity index (χ1) is 48.5. The van der Waals surface area contributed by atoms with Crippen molar-refractivity contribution >= 4 is 88.5 Å². The van der Waals surface area contributed by atoms with Crippen LogP contribution in [0.5, 0.6) is 0 Å². The summed E-state index contributed by atoms with van der Waals surface area (Å²) >= 11 is 0. The summed E-state index contributed by atoms with van der Waals surface area (Å²) in [5, 5.41) is 9.48. The van der Waals surface area contributed by atoms with Crippen LogP contribution < -0.4 is 15.9 Å². The molecule has 4 nitrogen and oxygen atoms in total. The average molecular weight is 1260 g/mol. The number of aromatic nitrogens is 3. The molecule has 0 atom stereocenters. The Hall–Kier alpha value is -12.1. The van der Waals surface area contributed by atoms with Gasteiger partial charge in [-0.3, -0.25) is 0 Å². The zero-order valence-electron chi connectivity index (χ0n) is 52.9. The number of hydrogen-bond donors (Lipinski definition) is 0. The highest BCUT2D eigenvalue weighted by molar-refractivity contribution is 7.85. The number of fused-ring (bicyclic) bond motifs is 36. The third-order valence-electron chi connectivity index (χ3n) is 24.1. The maximum atomic E-state index is 19.4. The van der Waals surface area contributed by atoms with Gasteiger partial charge >= 0.3 is 0 Å². The van der Waals surface area contributed by atoms with Gasteiger partial charge in [-0.15, -0.1) is 0 Å².